The number of nitrogens with zero attached hydrogens (tertiary/aromatic N) is 3. The van der Waals surface area contributed by atoms with Gasteiger partial charge >= 0.3 is 0 Å². The molecule has 2 N–H and O–H groups in total. The Kier molecular flexibility index (Phi) is 6.37. The van der Waals surface area contributed by atoms with Crippen LogP contribution in [0.5, 0.6) is 0 Å². The van der Waals surface area contributed by atoms with Gasteiger partial charge in [-0.05, 0) is 74.4 Å². The highest BCUT2D eigenvalue weighted by Gasteiger charge is 2.25. The second-order valence-corrected chi connectivity index (χ2v) is 8.53. The van der Waals surface area contributed by atoms with Gasteiger partial charge < -0.3 is 5.32 Å². The van der Waals surface area contributed by atoms with Crippen molar-refractivity contribution in [2.45, 2.75) is 44.6 Å². The minimum atomic E-state index is -0.400. The predicted octanol–water partition coefficient (Wildman–Crippen LogP) is 3.94. The quantitative estimate of drug-likeness (QED) is 0.532. The van der Waals surface area contributed by atoms with Crippen LogP contribution in [0, 0.1) is 11.9 Å². The molecular weight excluding hydrogens is 405 g/mol. The van der Waals surface area contributed by atoms with Gasteiger partial charge in [-0.25, -0.2) is 15.0 Å². The largest absolute Gasteiger partial charge is 0.351 e. The number of hydrogen-bond acceptors (Lipinski definition) is 7. The van der Waals surface area contributed by atoms with E-state index in [4.69, 9.17) is 0 Å². The second-order valence-electron chi connectivity index (χ2n) is 7.51. The molecule has 0 bridgehead atoms. The maximum atomic E-state index is 13.7. The lowest BCUT2D eigenvalue weighted by atomic mass is 9.83. The summed E-state index contributed by atoms with van der Waals surface area (Å²) in [5, 5.41) is 5.23. The number of pyridine rings is 1. The van der Waals surface area contributed by atoms with Gasteiger partial charge in [0.2, 0.25) is 11.9 Å². The molecule has 2 aromatic rings. The Labute approximate surface area is 178 Å². The van der Waals surface area contributed by atoms with Crippen LogP contribution in [0.1, 0.15) is 43.4 Å². The Morgan fingerprint density at radius 2 is 2.00 bits per heavy atom. The number of thioether (sulfide) groups is 1. The zero-order valence-corrected chi connectivity index (χ0v) is 17.1. The molecule has 2 amide bonds. The van der Waals surface area contributed by atoms with Crippen LogP contribution in [-0.2, 0) is 11.2 Å². The fourth-order valence-corrected chi connectivity index (χ4v) is 4.49. The van der Waals surface area contributed by atoms with Crippen molar-refractivity contribution in [3.05, 3.63) is 52.7 Å². The van der Waals surface area contributed by atoms with E-state index in [-0.39, 0.29) is 17.2 Å². The van der Waals surface area contributed by atoms with Crippen LogP contribution in [0.3, 0.4) is 0 Å². The molecule has 30 heavy (non-hydrogen) atoms. The van der Waals surface area contributed by atoms with Crippen LogP contribution in [-0.4, -0.2) is 32.1 Å². The Bertz CT molecular complexity index is 975. The number of halogens is 1. The molecule has 0 radical (unpaired) electrons. The highest BCUT2D eigenvalue weighted by Crippen LogP contribution is 2.30. The smallest absolute Gasteiger partial charge is 0.290 e. The minimum absolute atomic E-state index is 0.282. The average molecular weight is 428 g/mol. The minimum Gasteiger partial charge on any atom is -0.351 e. The van der Waals surface area contributed by atoms with Gasteiger partial charge in [0, 0.05) is 24.0 Å². The van der Waals surface area contributed by atoms with Gasteiger partial charge in [0.15, 0.2) is 0 Å². The third-order valence-corrected chi connectivity index (χ3v) is 6.25. The van der Waals surface area contributed by atoms with E-state index in [0.717, 1.165) is 50.3 Å². The molecule has 156 valence electrons. The van der Waals surface area contributed by atoms with E-state index in [0.29, 0.717) is 28.0 Å². The SMILES string of the molecule is O=C1NC(=O)/C(=C/c2ccnc(NC3CCC(CCc4cccnc4F)CC3)n2)S1. The van der Waals surface area contributed by atoms with Crippen LogP contribution >= 0.6 is 11.8 Å². The maximum absolute atomic E-state index is 13.7. The first-order chi connectivity index (χ1) is 14.6. The summed E-state index contributed by atoms with van der Waals surface area (Å²) in [5.41, 5.74) is 1.26. The summed E-state index contributed by atoms with van der Waals surface area (Å²) in [5.74, 6) is 0.329. The number of imide groups is 1. The van der Waals surface area contributed by atoms with Crippen molar-refractivity contribution in [2.24, 2.45) is 5.92 Å². The highest BCUT2D eigenvalue weighted by molar-refractivity contribution is 8.18. The molecule has 1 aliphatic carbocycles. The Balaban J connectivity index is 1.28. The molecule has 2 fully saturated rings. The number of carbonyl (C=O) groups is 2. The van der Waals surface area contributed by atoms with Gasteiger partial charge in [0.1, 0.15) is 0 Å². The Morgan fingerprint density at radius 1 is 1.17 bits per heavy atom. The van der Waals surface area contributed by atoms with Crippen LogP contribution in [0.2, 0.25) is 0 Å². The lowest BCUT2D eigenvalue weighted by molar-refractivity contribution is -0.115. The lowest BCUT2D eigenvalue weighted by Gasteiger charge is -2.29. The molecule has 2 aromatic heterocycles. The van der Waals surface area contributed by atoms with Crippen LogP contribution in [0.25, 0.3) is 6.08 Å². The summed E-state index contributed by atoms with van der Waals surface area (Å²) >= 11 is 0.867. The van der Waals surface area contributed by atoms with Gasteiger partial charge in [0.05, 0.1) is 10.6 Å². The number of aryl methyl sites for hydroxylation is 1. The van der Waals surface area contributed by atoms with Gasteiger partial charge in [0.25, 0.3) is 11.1 Å². The summed E-state index contributed by atoms with van der Waals surface area (Å²) < 4.78 is 13.7. The first-order valence-corrected chi connectivity index (χ1v) is 10.8. The predicted molar refractivity (Wildman–Crippen MR) is 113 cm³/mol. The first-order valence-electron chi connectivity index (χ1n) is 10.0. The molecule has 4 rings (SSSR count). The number of amides is 2. The van der Waals surface area contributed by atoms with Crippen molar-refractivity contribution in [1.29, 1.82) is 0 Å². The molecule has 3 heterocycles. The monoisotopic (exact) mass is 427 g/mol. The Morgan fingerprint density at radius 3 is 2.73 bits per heavy atom. The van der Waals surface area contributed by atoms with E-state index >= 15 is 0 Å². The molecule has 1 saturated carbocycles. The number of aromatic nitrogens is 3. The van der Waals surface area contributed by atoms with Crippen LogP contribution < -0.4 is 10.6 Å². The fraction of sp³-hybridized carbons (Fsp3) is 0.381. The van der Waals surface area contributed by atoms with Crippen molar-refractivity contribution in [3.63, 3.8) is 0 Å². The third-order valence-electron chi connectivity index (χ3n) is 5.44. The van der Waals surface area contributed by atoms with Crippen LogP contribution in [0.15, 0.2) is 35.5 Å². The molecular formula is C21H22FN5O2S. The average Bonchev–Trinajstić information content (AvgIpc) is 3.05. The molecule has 9 heteroatoms. The van der Waals surface area contributed by atoms with E-state index in [2.05, 4.69) is 25.6 Å². The van der Waals surface area contributed by atoms with Crippen molar-refractivity contribution in [1.82, 2.24) is 20.3 Å². The summed E-state index contributed by atoms with van der Waals surface area (Å²) in [6.07, 6.45) is 10.5. The number of hydrogen-bond donors (Lipinski definition) is 2. The molecule has 7 nitrogen and oxygen atoms in total. The summed E-state index contributed by atoms with van der Waals surface area (Å²) in [7, 11) is 0. The molecule has 1 saturated heterocycles. The standard InChI is InChI=1S/C21H22FN5O2S/c22-18-14(2-1-10-23-18)6-3-13-4-7-15(8-5-13)25-20-24-11-9-16(26-20)12-17-19(28)27-21(29)30-17/h1-2,9-13,15H,3-8H2,(H,24,25,26)(H,27,28,29)/b17-12-. The van der Waals surface area contributed by atoms with E-state index in [1.165, 1.54) is 6.20 Å². The van der Waals surface area contributed by atoms with Crippen molar-refractivity contribution >= 4 is 34.9 Å². The normalized spacial score (nSPS) is 22.9. The topological polar surface area (TPSA) is 96.9 Å². The van der Waals surface area contributed by atoms with Crippen molar-refractivity contribution in [3.8, 4) is 0 Å². The van der Waals surface area contributed by atoms with E-state index in [9.17, 15) is 14.0 Å². The number of nitrogens with one attached hydrogen (secondary N) is 2. The maximum Gasteiger partial charge on any atom is 0.290 e. The lowest BCUT2D eigenvalue weighted by Crippen LogP contribution is -2.27. The van der Waals surface area contributed by atoms with Gasteiger partial charge in [-0.2, -0.15) is 4.39 Å². The molecule has 2 aliphatic rings. The Hall–Kier alpha value is -2.81. The fourth-order valence-electron chi connectivity index (χ4n) is 3.82. The molecule has 1 aliphatic heterocycles. The molecule has 0 aromatic carbocycles. The highest BCUT2D eigenvalue weighted by atomic mass is 32.2. The summed E-state index contributed by atoms with van der Waals surface area (Å²) in [4.78, 5) is 35.7. The van der Waals surface area contributed by atoms with E-state index in [1.54, 1.807) is 30.5 Å². The van der Waals surface area contributed by atoms with Crippen molar-refractivity contribution in [2.75, 3.05) is 5.32 Å². The summed E-state index contributed by atoms with van der Waals surface area (Å²) in [6.45, 7) is 0. The second kappa shape index (κ2) is 9.34. The first kappa shape index (κ1) is 20.5. The molecule has 0 spiro atoms. The van der Waals surface area contributed by atoms with Gasteiger partial charge in [-0.1, -0.05) is 6.07 Å². The summed E-state index contributed by atoms with van der Waals surface area (Å²) in [6, 6.07) is 5.56. The number of anilines is 1. The van der Waals surface area contributed by atoms with Crippen LogP contribution in [0.4, 0.5) is 15.1 Å². The zero-order valence-electron chi connectivity index (χ0n) is 16.3. The zero-order chi connectivity index (χ0) is 20.9. The third kappa shape index (κ3) is 5.21. The number of carbonyl (C=O) groups excluding carboxylic acids is 2. The number of rotatable bonds is 6. The van der Waals surface area contributed by atoms with Gasteiger partial charge in [-0.3, -0.25) is 14.9 Å². The molecule has 0 atom stereocenters. The molecule has 0 unspecified atom stereocenters. The van der Waals surface area contributed by atoms with E-state index < -0.39 is 5.91 Å². The van der Waals surface area contributed by atoms with Crippen molar-refractivity contribution < 1.29 is 14.0 Å². The van der Waals surface area contributed by atoms with Gasteiger partial charge in [-0.15, -0.1) is 0 Å². The van der Waals surface area contributed by atoms with E-state index in [1.807, 2.05) is 0 Å².